The molecule has 1 N–H and O–H groups in total. The van der Waals surface area contributed by atoms with Crippen molar-refractivity contribution in [1.82, 2.24) is 10.2 Å². The van der Waals surface area contributed by atoms with Gasteiger partial charge < -0.3 is 15.0 Å². The molecule has 1 amide bonds. The van der Waals surface area contributed by atoms with Gasteiger partial charge in [-0.3, -0.25) is 4.79 Å². The summed E-state index contributed by atoms with van der Waals surface area (Å²) in [5.74, 6) is 2.28. The van der Waals surface area contributed by atoms with Crippen LogP contribution in [-0.2, 0) is 0 Å². The normalized spacial score (nSPS) is 14.2. The number of carbonyl (C=O) groups is 1. The third-order valence-corrected chi connectivity index (χ3v) is 5.07. The molecular weight excluding hydrogens is 336 g/mol. The molecule has 0 radical (unpaired) electrons. The highest BCUT2D eigenvalue weighted by Crippen LogP contribution is 2.31. The summed E-state index contributed by atoms with van der Waals surface area (Å²) in [6, 6.07) is 19.8. The fraction of sp³-hybridized carbons (Fsp3) is 0.261. The lowest BCUT2D eigenvalue weighted by molar-refractivity contribution is 0.0504. The van der Waals surface area contributed by atoms with E-state index < -0.39 is 0 Å². The van der Waals surface area contributed by atoms with E-state index in [1.807, 2.05) is 72.6 Å². The van der Waals surface area contributed by atoms with Crippen LogP contribution in [0.5, 0.6) is 11.5 Å². The summed E-state index contributed by atoms with van der Waals surface area (Å²) in [6.45, 7) is 4.67. The molecule has 0 saturated carbocycles. The molecule has 1 fully saturated rings. The van der Waals surface area contributed by atoms with Gasteiger partial charge in [-0.15, -0.1) is 0 Å². The van der Waals surface area contributed by atoms with Crippen molar-refractivity contribution in [3.05, 3.63) is 71.8 Å². The maximum atomic E-state index is 12.7. The van der Waals surface area contributed by atoms with Crippen molar-refractivity contribution in [1.29, 1.82) is 0 Å². The van der Waals surface area contributed by atoms with E-state index in [9.17, 15) is 4.79 Å². The van der Waals surface area contributed by atoms with Crippen molar-refractivity contribution in [2.24, 2.45) is 5.92 Å². The molecule has 1 aliphatic heterocycles. The SMILES string of the molecule is CNCC1CN(C(=O)c2ccc3c(Oc4ccc(C)cc4)cccc3c2)C1. The van der Waals surface area contributed by atoms with E-state index in [1.54, 1.807) is 0 Å². The van der Waals surface area contributed by atoms with Gasteiger partial charge in [0.1, 0.15) is 11.5 Å². The highest BCUT2D eigenvalue weighted by molar-refractivity contribution is 6.00. The van der Waals surface area contributed by atoms with Crippen LogP contribution in [0.25, 0.3) is 10.8 Å². The van der Waals surface area contributed by atoms with Crippen molar-refractivity contribution in [3.8, 4) is 11.5 Å². The first-order chi connectivity index (χ1) is 13.1. The molecule has 0 aromatic heterocycles. The lowest BCUT2D eigenvalue weighted by atomic mass is 9.98. The summed E-state index contributed by atoms with van der Waals surface area (Å²) in [4.78, 5) is 14.6. The van der Waals surface area contributed by atoms with Crippen molar-refractivity contribution in [2.75, 3.05) is 26.7 Å². The average molecular weight is 360 g/mol. The van der Waals surface area contributed by atoms with E-state index >= 15 is 0 Å². The number of nitrogens with one attached hydrogen (secondary N) is 1. The van der Waals surface area contributed by atoms with Gasteiger partial charge in [-0.05, 0) is 55.8 Å². The maximum Gasteiger partial charge on any atom is 0.253 e. The number of ether oxygens (including phenoxy) is 1. The largest absolute Gasteiger partial charge is 0.457 e. The van der Waals surface area contributed by atoms with Crippen LogP contribution in [0, 0.1) is 12.8 Å². The third-order valence-electron chi connectivity index (χ3n) is 5.07. The summed E-state index contributed by atoms with van der Waals surface area (Å²) in [5, 5.41) is 5.19. The van der Waals surface area contributed by atoms with E-state index in [-0.39, 0.29) is 5.91 Å². The highest BCUT2D eigenvalue weighted by Gasteiger charge is 2.30. The standard InChI is InChI=1S/C23H24N2O2/c1-16-6-9-20(10-7-16)27-22-5-3-4-18-12-19(8-11-21(18)22)23(26)25-14-17(15-25)13-24-2/h3-12,17,24H,13-15H2,1-2H3. The quantitative estimate of drug-likeness (QED) is 0.740. The zero-order valence-corrected chi connectivity index (χ0v) is 15.7. The topological polar surface area (TPSA) is 41.6 Å². The smallest absolute Gasteiger partial charge is 0.253 e. The first kappa shape index (κ1) is 17.6. The minimum atomic E-state index is 0.106. The molecule has 4 nitrogen and oxygen atoms in total. The van der Waals surface area contributed by atoms with E-state index in [2.05, 4.69) is 12.2 Å². The molecule has 0 bridgehead atoms. The van der Waals surface area contributed by atoms with Gasteiger partial charge in [-0.25, -0.2) is 0 Å². The molecule has 3 aromatic carbocycles. The van der Waals surface area contributed by atoms with Crippen LogP contribution < -0.4 is 10.1 Å². The summed E-state index contributed by atoms with van der Waals surface area (Å²) in [6.07, 6.45) is 0. The zero-order valence-electron chi connectivity index (χ0n) is 15.7. The molecule has 0 unspecified atom stereocenters. The second-order valence-electron chi connectivity index (χ2n) is 7.24. The van der Waals surface area contributed by atoms with Gasteiger partial charge in [0.2, 0.25) is 0 Å². The number of likely N-dealkylation sites (tertiary alicyclic amines) is 1. The van der Waals surface area contributed by atoms with Crippen molar-refractivity contribution in [2.45, 2.75) is 6.92 Å². The van der Waals surface area contributed by atoms with Crippen LogP contribution >= 0.6 is 0 Å². The number of hydrogen-bond acceptors (Lipinski definition) is 3. The second kappa shape index (κ2) is 7.41. The molecule has 1 saturated heterocycles. The van der Waals surface area contributed by atoms with Crippen molar-refractivity contribution in [3.63, 3.8) is 0 Å². The van der Waals surface area contributed by atoms with Crippen LogP contribution in [-0.4, -0.2) is 37.5 Å². The van der Waals surface area contributed by atoms with Gasteiger partial charge >= 0.3 is 0 Å². The van der Waals surface area contributed by atoms with Gasteiger partial charge in [-0.2, -0.15) is 0 Å². The van der Waals surface area contributed by atoms with E-state index in [0.29, 0.717) is 5.92 Å². The molecule has 138 valence electrons. The minimum Gasteiger partial charge on any atom is -0.457 e. The summed E-state index contributed by atoms with van der Waals surface area (Å²) in [7, 11) is 1.95. The van der Waals surface area contributed by atoms with E-state index in [1.165, 1.54) is 5.56 Å². The van der Waals surface area contributed by atoms with Crippen LogP contribution in [0.15, 0.2) is 60.7 Å². The Balaban J connectivity index is 1.55. The molecule has 27 heavy (non-hydrogen) atoms. The predicted octanol–water partition coefficient (Wildman–Crippen LogP) is 4.23. The predicted molar refractivity (Wildman–Crippen MR) is 109 cm³/mol. The fourth-order valence-electron chi connectivity index (χ4n) is 3.55. The van der Waals surface area contributed by atoms with Crippen LogP contribution in [0.1, 0.15) is 15.9 Å². The van der Waals surface area contributed by atoms with E-state index in [4.69, 9.17) is 4.74 Å². The van der Waals surface area contributed by atoms with Crippen LogP contribution in [0.4, 0.5) is 0 Å². The molecule has 0 spiro atoms. The zero-order chi connectivity index (χ0) is 18.8. The Hall–Kier alpha value is -2.85. The van der Waals surface area contributed by atoms with Gasteiger partial charge in [-0.1, -0.05) is 29.8 Å². The number of benzene rings is 3. The Bertz CT molecular complexity index is 960. The van der Waals surface area contributed by atoms with Crippen molar-refractivity contribution < 1.29 is 9.53 Å². The highest BCUT2D eigenvalue weighted by atomic mass is 16.5. The Morgan fingerprint density at radius 1 is 1.11 bits per heavy atom. The molecule has 1 aliphatic rings. The number of fused-ring (bicyclic) bond motifs is 1. The number of aryl methyl sites for hydroxylation is 1. The molecular formula is C23H24N2O2. The molecule has 4 rings (SSSR count). The Morgan fingerprint density at radius 3 is 2.63 bits per heavy atom. The van der Waals surface area contributed by atoms with Crippen LogP contribution in [0.3, 0.4) is 0 Å². The Morgan fingerprint density at radius 2 is 1.89 bits per heavy atom. The number of hydrogen-bond donors (Lipinski definition) is 1. The third kappa shape index (κ3) is 3.67. The van der Waals surface area contributed by atoms with E-state index in [0.717, 1.165) is 47.5 Å². The first-order valence-electron chi connectivity index (χ1n) is 9.35. The van der Waals surface area contributed by atoms with Gasteiger partial charge in [0.05, 0.1) is 0 Å². The lowest BCUT2D eigenvalue weighted by Gasteiger charge is -2.39. The summed E-state index contributed by atoms with van der Waals surface area (Å²) < 4.78 is 6.07. The first-order valence-corrected chi connectivity index (χ1v) is 9.35. The van der Waals surface area contributed by atoms with Gasteiger partial charge in [0.15, 0.2) is 0 Å². The van der Waals surface area contributed by atoms with Crippen molar-refractivity contribution >= 4 is 16.7 Å². The molecule has 4 heteroatoms. The fourth-order valence-corrected chi connectivity index (χ4v) is 3.55. The maximum absolute atomic E-state index is 12.7. The summed E-state index contributed by atoms with van der Waals surface area (Å²) >= 11 is 0. The monoisotopic (exact) mass is 360 g/mol. The summed E-state index contributed by atoms with van der Waals surface area (Å²) in [5.41, 5.74) is 1.93. The number of nitrogens with zero attached hydrogens (tertiary/aromatic N) is 1. The van der Waals surface area contributed by atoms with Crippen LogP contribution in [0.2, 0.25) is 0 Å². The number of rotatable bonds is 5. The van der Waals surface area contributed by atoms with Gasteiger partial charge in [0.25, 0.3) is 5.91 Å². The van der Waals surface area contributed by atoms with Gasteiger partial charge in [0, 0.05) is 36.5 Å². The Kier molecular flexibility index (Phi) is 4.82. The molecule has 0 atom stereocenters. The number of carbonyl (C=O) groups excluding carboxylic acids is 1. The lowest BCUT2D eigenvalue weighted by Crippen LogP contribution is -2.52. The molecule has 0 aliphatic carbocycles. The average Bonchev–Trinajstić information content (AvgIpc) is 2.65. The minimum absolute atomic E-state index is 0.106. The Labute approximate surface area is 159 Å². The molecule has 3 aromatic rings. The second-order valence-corrected chi connectivity index (χ2v) is 7.24. The molecule has 1 heterocycles. The number of amides is 1.